The van der Waals surface area contributed by atoms with Gasteiger partial charge in [-0.25, -0.2) is 8.78 Å². The molecule has 0 bridgehead atoms. The topological polar surface area (TPSA) is 0 Å². The number of alkyl halides is 2. The quantitative estimate of drug-likeness (QED) is 0.599. The summed E-state index contributed by atoms with van der Waals surface area (Å²) < 4.78 is 26.5. The highest BCUT2D eigenvalue weighted by Gasteiger charge is 2.34. The maximum Gasteiger partial charge on any atom is 0.100 e. The zero-order valence-corrected chi connectivity index (χ0v) is 11.1. The summed E-state index contributed by atoms with van der Waals surface area (Å²) in [6.07, 6.45) is 8.55. The second-order valence-corrected chi connectivity index (χ2v) is 6.46. The van der Waals surface area contributed by atoms with Crippen LogP contribution in [0.15, 0.2) is 11.1 Å². The molecule has 2 heteroatoms. The first-order chi connectivity index (χ1) is 8.74. The van der Waals surface area contributed by atoms with E-state index >= 15 is 0 Å². The highest BCUT2D eigenvalue weighted by Crippen LogP contribution is 2.47. The molecule has 0 unspecified atom stereocenters. The molecule has 0 spiro atoms. The van der Waals surface area contributed by atoms with E-state index < -0.39 is 12.3 Å². The van der Waals surface area contributed by atoms with E-state index in [1.54, 1.807) is 11.1 Å². The molecule has 3 fully saturated rings. The lowest BCUT2D eigenvalue weighted by atomic mass is 9.72. The molecule has 3 aliphatic carbocycles. The van der Waals surface area contributed by atoms with Gasteiger partial charge in [0.15, 0.2) is 0 Å². The van der Waals surface area contributed by atoms with Crippen molar-refractivity contribution in [2.24, 2.45) is 11.8 Å². The monoisotopic (exact) mass is 254 g/mol. The lowest BCUT2D eigenvalue weighted by molar-refractivity contribution is 0.191. The molecule has 18 heavy (non-hydrogen) atoms. The van der Waals surface area contributed by atoms with Crippen LogP contribution in [0.25, 0.3) is 0 Å². The predicted octanol–water partition coefficient (Wildman–Crippen LogP) is 5.13. The molecule has 0 N–H and O–H groups in total. The first-order valence-corrected chi connectivity index (χ1v) is 7.74. The van der Waals surface area contributed by atoms with Crippen LogP contribution in [0.2, 0.25) is 0 Å². The fourth-order valence-electron chi connectivity index (χ4n) is 3.99. The van der Waals surface area contributed by atoms with Crippen LogP contribution in [0.3, 0.4) is 0 Å². The Bertz CT molecular complexity index is 288. The van der Waals surface area contributed by atoms with E-state index in [1.165, 1.54) is 12.8 Å². The molecule has 0 nitrogen and oxygen atoms in total. The Kier molecular flexibility index (Phi) is 3.72. The molecule has 102 valence electrons. The normalized spacial score (nSPS) is 40.7. The van der Waals surface area contributed by atoms with Crippen molar-refractivity contribution in [3.8, 4) is 0 Å². The maximum atomic E-state index is 13.3. The Morgan fingerprint density at radius 2 is 1.06 bits per heavy atom. The number of allylic oxidation sites excluding steroid dienone is 2. The summed E-state index contributed by atoms with van der Waals surface area (Å²) in [5, 5.41) is 0. The fourth-order valence-corrected chi connectivity index (χ4v) is 3.99. The van der Waals surface area contributed by atoms with E-state index in [1.807, 2.05) is 0 Å². The SMILES string of the molecule is FC1CCC(C(=C2CC2)C2CCC(F)CC2)CC1. The van der Waals surface area contributed by atoms with Gasteiger partial charge in [0.1, 0.15) is 12.3 Å². The van der Waals surface area contributed by atoms with Crippen molar-refractivity contribution in [2.75, 3.05) is 0 Å². The van der Waals surface area contributed by atoms with E-state index in [0.29, 0.717) is 11.8 Å². The van der Waals surface area contributed by atoms with Gasteiger partial charge in [-0.2, -0.15) is 0 Å². The average molecular weight is 254 g/mol. The summed E-state index contributed by atoms with van der Waals surface area (Å²) in [6, 6.07) is 0. The van der Waals surface area contributed by atoms with E-state index in [2.05, 4.69) is 0 Å². The van der Waals surface area contributed by atoms with Crippen molar-refractivity contribution in [1.82, 2.24) is 0 Å². The lowest BCUT2D eigenvalue weighted by Gasteiger charge is -2.34. The van der Waals surface area contributed by atoms with Crippen LogP contribution >= 0.6 is 0 Å². The zero-order chi connectivity index (χ0) is 12.5. The zero-order valence-electron chi connectivity index (χ0n) is 11.1. The Morgan fingerprint density at radius 1 is 0.667 bits per heavy atom. The number of hydrogen-bond acceptors (Lipinski definition) is 0. The molecular formula is C16H24F2. The molecule has 0 aliphatic heterocycles. The van der Waals surface area contributed by atoms with Crippen LogP contribution in [0.1, 0.15) is 64.2 Å². The van der Waals surface area contributed by atoms with Crippen molar-refractivity contribution in [3.05, 3.63) is 11.1 Å². The third-order valence-corrected chi connectivity index (χ3v) is 5.10. The lowest BCUT2D eigenvalue weighted by Crippen LogP contribution is -2.24. The van der Waals surface area contributed by atoms with Gasteiger partial charge in [-0.3, -0.25) is 0 Å². The predicted molar refractivity (Wildman–Crippen MR) is 70.0 cm³/mol. The third kappa shape index (κ3) is 2.78. The molecule has 3 rings (SSSR count). The van der Waals surface area contributed by atoms with E-state index in [4.69, 9.17) is 0 Å². The van der Waals surface area contributed by atoms with Gasteiger partial charge in [-0.15, -0.1) is 0 Å². The number of hydrogen-bond donors (Lipinski definition) is 0. The van der Waals surface area contributed by atoms with Crippen LogP contribution in [0, 0.1) is 11.8 Å². The summed E-state index contributed by atoms with van der Waals surface area (Å²) in [6.45, 7) is 0. The van der Waals surface area contributed by atoms with Gasteiger partial charge in [-0.1, -0.05) is 11.1 Å². The number of halogens is 2. The van der Waals surface area contributed by atoms with Gasteiger partial charge in [0.2, 0.25) is 0 Å². The van der Waals surface area contributed by atoms with E-state index in [0.717, 1.165) is 51.4 Å². The molecule has 0 heterocycles. The van der Waals surface area contributed by atoms with E-state index in [9.17, 15) is 8.78 Å². The van der Waals surface area contributed by atoms with Crippen LogP contribution in [0.5, 0.6) is 0 Å². The molecule has 0 radical (unpaired) electrons. The van der Waals surface area contributed by atoms with Crippen LogP contribution in [-0.2, 0) is 0 Å². The fraction of sp³-hybridized carbons (Fsp3) is 0.875. The summed E-state index contributed by atoms with van der Waals surface area (Å²) in [4.78, 5) is 0. The Morgan fingerprint density at radius 3 is 1.39 bits per heavy atom. The van der Waals surface area contributed by atoms with Gasteiger partial charge >= 0.3 is 0 Å². The Hall–Kier alpha value is -0.400. The molecular weight excluding hydrogens is 230 g/mol. The molecule has 3 aliphatic rings. The van der Waals surface area contributed by atoms with Crippen molar-refractivity contribution >= 4 is 0 Å². The minimum atomic E-state index is -0.562. The van der Waals surface area contributed by atoms with Crippen LogP contribution in [0.4, 0.5) is 8.78 Å². The molecule has 0 saturated heterocycles. The molecule has 0 aromatic heterocycles. The van der Waals surface area contributed by atoms with Crippen molar-refractivity contribution in [1.29, 1.82) is 0 Å². The molecule has 0 atom stereocenters. The van der Waals surface area contributed by atoms with Gasteiger partial charge in [0.05, 0.1) is 0 Å². The average Bonchev–Trinajstić information content (AvgIpc) is 3.19. The van der Waals surface area contributed by atoms with Crippen molar-refractivity contribution < 1.29 is 8.78 Å². The largest absolute Gasteiger partial charge is 0.247 e. The number of rotatable bonds is 2. The first-order valence-electron chi connectivity index (χ1n) is 7.74. The molecule has 3 saturated carbocycles. The Labute approximate surface area is 109 Å². The summed E-state index contributed by atoms with van der Waals surface area (Å²) in [5.41, 5.74) is 3.31. The maximum absolute atomic E-state index is 13.3. The summed E-state index contributed by atoms with van der Waals surface area (Å²) in [7, 11) is 0. The minimum absolute atomic E-state index is 0.562. The first kappa shape index (κ1) is 12.6. The third-order valence-electron chi connectivity index (χ3n) is 5.10. The standard InChI is InChI=1S/C16H24F2/c17-14-7-3-12(4-8-14)16(11-1-2-11)13-5-9-15(18)10-6-13/h12-15H,1-10H2. The molecule has 0 amide bonds. The van der Waals surface area contributed by atoms with Gasteiger partial charge in [-0.05, 0) is 76.0 Å². The van der Waals surface area contributed by atoms with Crippen LogP contribution < -0.4 is 0 Å². The second kappa shape index (κ2) is 5.30. The van der Waals surface area contributed by atoms with Crippen LogP contribution in [-0.4, -0.2) is 12.3 Å². The molecule has 0 aromatic carbocycles. The summed E-state index contributed by atoms with van der Waals surface area (Å²) in [5.74, 6) is 1.27. The van der Waals surface area contributed by atoms with Gasteiger partial charge < -0.3 is 0 Å². The minimum Gasteiger partial charge on any atom is -0.247 e. The van der Waals surface area contributed by atoms with E-state index in [-0.39, 0.29) is 0 Å². The van der Waals surface area contributed by atoms with Crippen molar-refractivity contribution in [3.63, 3.8) is 0 Å². The molecule has 0 aromatic rings. The highest BCUT2D eigenvalue weighted by atomic mass is 19.1. The second-order valence-electron chi connectivity index (χ2n) is 6.46. The highest BCUT2D eigenvalue weighted by molar-refractivity contribution is 5.30. The van der Waals surface area contributed by atoms with Crippen molar-refractivity contribution in [2.45, 2.75) is 76.6 Å². The summed E-state index contributed by atoms with van der Waals surface area (Å²) >= 11 is 0. The Balaban J connectivity index is 1.68. The van der Waals surface area contributed by atoms with Gasteiger partial charge in [0.25, 0.3) is 0 Å². The van der Waals surface area contributed by atoms with Gasteiger partial charge in [0, 0.05) is 0 Å². The smallest absolute Gasteiger partial charge is 0.100 e.